The number of furan rings is 1. The molecule has 13 aromatic carbocycles. The fraction of sp³-hybridized carbons (Fsp3) is 0. The normalized spacial score (nSPS) is 12.3. The van der Waals surface area contributed by atoms with Crippen molar-refractivity contribution in [2.45, 2.75) is 0 Å². The summed E-state index contributed by atoms with van der Waals surface area (Å²) in [6.07, 6.45) is 0. The maximum absolute atomic E-state index is 6.95. The first-order valence-electron chi connectivity index (χ1n) is 21.1. The molecule has 1 aromatic heterocycles. The van der Waals surface area contributed by atoms with Gasteiger partial charge in [0.2, 0.25) is 0 Å². The van der Waals surface area contributed by atoms with Gasteiger partial charge in [-0.25, -0.2) is 0 Å². The van der Waals surface area contributed by atoms with E-state index in [0.717, 1.165) is 33.1 Å². The Morgan fingerprint density at radius 2 is 0.738 bits per heavy atom. The van der Waals surface area contributed by atoms with Crippen LogP contribution in [0.3, 0.4) is 0 Å². The molecule has 0 bridgehead atoms. The molecule has 0 N–H and O–H groups in total. The Balaban J connectivity index is 0.984. The first kappa shape index (κ1) is 32.9. The highest BCUT2D eigenvalue weighted by molar-refractivity contribution is 6.28. The van der Waals surface area contributed by atoms with Crippen LogP contribution in [0, 0.1) is 0 Å². The van der Waals surface area contributed by atoms with Crippen LogP contribution in [0.2, 0.25) is 0 Å². The molecule has 0 saturated carbocycles. The fourth-order valence-corrected chi connectivity index (χ4v) is 10.6. The van der Waals surface area contributed by atoms with E-state index < -0.39 is 0 Å². The monoisotopic (exact) mass is 770 g/mol. The van der Waals surface area contributed by atoms with Crippen molar-refractivity contribution in [3.8, 4) is 44.5 Å². The van der Waals surface area contributed by atoms with Gasteiger partial charge in [0, 0.05) is 10.8 Å². The summed E-state index contributed by atoms with van der Waals surface area (Å²) in [6.45, 7) is 0. The van der Waals surface area contributed by atoms with Gasteiger partial charge in [-0.2, -0.15) is 0 Å². The van der Waals surface area contributed by atoms with E-state index >= 15 is 0 Å². The first-order valence-corrected chi connectivity index (χ1v) is 21.1. The largest absolute Gasteiger partial charge is 0.456 e. The lowest BCUT2D eigenvalue weighted by Crippen LogP contribution is -1.89. The van der Waals surface area contributed by atoms with Crippen LogP contribution in [0.25, 0.3) is 142 Å². The highest BCUT2D eigenvalue weighted by atomic mass is 16.3. The van der Waals surface area contributed by atoms with Gasteiger partial charge in [0.25, 0.3) is 0 Å². The van der Waals surface area contributed by atoms with E-state index in [9.17, 15) is 0 Å². The minimum Gasteiger partial charge on any atom is -0.456 e. The van der Waals surface area contributed by atoms with Gasteiger partial charge in [-0.05, 0) is 150 Å². The molecule has 0 radical (unpaired) electrons. The SMILES string of the molecule is c1ccc(-c2ccc3cc4c(cc3c2)oc2cc(-c3ccc(-c5ccc6ccc7cccc8ccc5c6c78)cc3)cc(-c3ccc5ccc6cccc7ccc3c5c67)c24)cc1. The Hall–Kier alpha value is -8.00. The van der Waals surface area contributed by atoms with Crippen molar-refractivity contribution in [2.24, 2.45) is 0 Å². The smallest absolute Gasteiger partial charge is 0.136 e. The van der Waals surface area contributed by atoms with Crippen molar-refractivity contribution < 1.29 is 4.42 Å². The van der Waals surface area contributed by atoms with Gasteiger partial charge in [0.15, 0.2) is 0 Å². The zero-order chi connectivity index (χ0) is 39.8. The molecule has 1 heteroatoms. The second-order valence-corrected chi connectivity index (χ2v) is 16.8. The van der Waals surface area contributed by atoms with E-state index in [1.54, 1.807) is 0 Å². The lowest BCUT2D eigenvalue weighted by atomic mass is 9.87. The lowest BCUT2D eigenvalue weighted by molar-refractivity contribution is 0.669. The molecular weight excluding hydrogens is 737 g/mol. The van der Waals surface area contributed by atoms with Crippen molar-refractivity contribution in [1.29, 1.82) is 0 Å². The summed E-state index contributed by atoms with van der Waals surface area (Å²) in [6, 6.07) is 76.4. The zero-order valence-electron chi connectivity index (χ0n) is 33.0. The van der Waals surface area contributed by atoms with E-state index in [4.69, 9.17) is 4.42 Å². The van der Waals surface area contributed by atoms with Gasteiger partial charge >= 0.3 is 0 Å². The van der Waals surface area contributed by atoms with Gasteiger partial charge in [-0.1, -0.05) is 176 Å². The topological polar surface area (TPSA) is 13.1 Å². The quantitative estimate of drug-likeness (QED) is 0.162. The third kappa shape index (κ3) is 4.78. The highest BCUT2D eigenvalue weighted by Gasteiger charge is 2.20. The summed E-state index contributed by atoms with van der Waals surface area (Å²) in [7, 11) is 0. The predicted molar refractivity (Wildman–Crippen MR) is 260 cm³/mol. The van der Waals surface area contributed by atoms with E-state index in [1.807, 2.05) is 0 Å². The van der Waals surface area contributed by atoms with Crippen LogP contribution in [-0.4, -0.2) is 0 Å². The molecule has 14 aromatic rings. The molecule has 0 aliphatic rings. The summed E-state index contributed by atoms with van der Waals surface area (Å²) in [4.78, 5) is 0. The summed E-state index contributed by atoms with van der Waals surface area (Å²) < 4.78 is 6.95. The van der Waals surface area contributed by atoms with E-state index in [1.165, 1.54) is 109 Å². The summed E-state index contributed by atoms with van der Waals surface area (Å²) in [5, 5.41) is 20.2. The number of rotatable bonds is 4. The van der Waals surface area contributed by atoms with E-state index in [2.05, 4.69) is 206 Å². The number of hydrogen-bond acceptors (Lipinski definition) is 1. The molecule has 0 spiro atoms. The molecule has 0 aliphatic carbocycles. The molecule has 1 heterocycles. The van der Waals surface area contributed by atoms with Gasteiger partial charge in [-0.3, -0.25) is 0 Å². The Labute approximate surface area is 351 Å². The molecule has 0 aliphatic heterocycles. The molecule has 280 valence electrons. The molecule has 0 atom stereocenters. The van der Waals surface area contributed by atoms with Crippen LogP contribution in [0.4, 0.5) is 0 Å². The van der Waals surface area contributed by atoms with Crippen molar-refractivity contribution in [1.82, 2.24) is 0 Å². The summed E-state index contributed by atoms with van der Waals surface area (Å²) in [5.41, 5.74) is 11.3. The molecule has 0 saturated heterocycles. The molecule has 14 rings (SSSR count). The zero-order valence-corrected chi connectivity index (χ0v) is 33.0. The van der Waals surface area contributed by atoms with Crippen LogP contribution in [-0.2, 0) is 0 Å². The number of benzene rings is 13. The van der Waals surface area contributed by atoms with Crippen molar-refractivity contribution in [3.05, 3.63) is 206 Å². The van der Waals surface area contributed by atoms with Crippen molar-refractivity contribution >= 4 is 97.3 Å². The highest BCUT2D eigenvalue weighted by Crippen LogP contribution is 2.46. The molecule has 1 nitrogen and oxygen atoms in total. The van der Waals surface area contributed by atoms with Gasteiger partial charge in [0.05, 0.1) is 0 Å². The van der Waals surface area contributed by atoms with Gasteiger partial charge < -0.3 is 4.42 Å². The predicted octanol–water partition coefficient (Wildman–Crippen LogP) is 17.2. The number of fused-ring (bicyclic) bond motifs is 4. The van der Waals surface area contributed by atoms with Crippen LogP contribution >= 0.6 is 0 Å². The number of hydrogen-bond donors (Lipinski definition) is 0. The Kier molecular flexibility index (Phi) is 6.62. The maximum Gasteiger partial charge on any atom is 0.136 e. The van der Waals surface area contributed by atoms with E-state index in [-0.39, 0.29) is 0 Å². The second-order valence-electron chi connectivity index (χ2n) is 16.8. The third-order valence-corrected chi connectivity index (χ3v) is 13.5. The molecule has 0 fully saturated rings. The van der Waals surface area contributed by atoms with Crippen molar-refractivity contribution in [3.63, 3.8) is 0 Å². The minimum absolute atomic E-state index is 0.891. The molecular formula is C60H34O. The van der Waals surface area contributed by atoms with Crippen LogP contribution in [0.1, 0.15) is 0 Å². The van der Waals surface area contributed by atoms with E-state index in [0.29, 0.717) is 0 Å². The second kappa shape index (κ2) is 12.3. The molecule has 61 heavy (non-hydrogen) atoms. The minimum atomic E-state index is 0.891. The standard InChI is InChI=1S/C60H34O/c1-2-6-35(7-3-1)44-20-21-45-31-53-54(33-46(45)30-44)61-55-34-47(32-52(60(53)55)49-27-23-43-19-17-39-9-5-11-41-25-29-51(49)59(43)57(39)41)36-12-14-37(15-13-36)48-26-22-42-18-16-38-8-4-10-40-24-28-50(48)58(42)56(38)40/h1-34H. The molecule has 0 amide bonds. The molecule has 0 unspecified atom stereocenters. The average Bonchev–Trinajstić information content (AvgIpc) is 3.68. The first-order chi connectivity index (χ1) is 30.2. The Morgan fingerprint density at radius 1 is 0.213 bits per heavy atom. The van der Waals surface area contributed by atoms with Crippen LogP contribution < -0.4 is 0 Å². The summed E-state index contributed by atoms with van der Waals surface area (Å²) in [5.74, 6) is 0. The van der Waals surface area contributed by atoms with Crippen molar-refractivity contribution in [2.75, 3.05) is 0 Å². The van der Waals surface area contributed by atoms with Gasteiger partial charge in [0.1, 0.15) is 11.2 Å². The fourth-order valence-electron chi connectivity index (χ4n) is 10.6. The summed E-state index contributed by atoms with van der Waals surface area (Å²) >= 11 is 0. The Morgan fingerprint density at radius 3 is 1.41 bits per heavy atom. The Bertz CT molecular complexity index is 4050. The van der Waals surface area contributed by atoms with Crippen LogP contribution in [0.15, 0.2) is 211 Å². The van der Waals surface area contributed by atoms with Gasteiger partial charge in [-0.15, -0.1) is 0 Å². The third-order valence-electron chi connectivity index (χ3n) is 13.5. The average molecular weight is 771 g/mol. The van der Waals surface area contributed by atoms with Crippen LogP contribution in [0.5, 0.6) is 0 Å². The lowest BCUT2D eigenvalue weighted by Gasteiger charge is -2.16. The maximum atomic E-state index is 6.95.